The van der Waals surface area contributed by atoms with Crippen molar-refractivity contribution in [1.82, 2.24) is 4.31 Å². The molecule has 0 bridgehead atoms. The fourth-order valence-corrected chi connectivity index (χ4v) is 3.17. The first-order valence-electron chi connectivity index (χ1n) is 7.32. The summed E-state index contributed by atoms with van der Waals surface area (Å²) in [7, 11) is -1.70. The van der Waals surface area contributed by atoms with Crippen LogP contribution >= 0.6 is 0 Å². The third-order valence-corrected chi connectivity index (χ3v) is 5.93. The molecule has 1 aromatic rings. The van der Waals surface area contributed by atoms with Gasteiger partial charge in [-0.25, -0.2) is 12.7 Å². The average Bonchev–Trinajstić information content (AvgIpc) is 2.44. The SMILES string of the molecule is CCCCN(C)S(=O)(=O)c1ccc(C(C)(C)CC)cc1. The highest BCUT2D eigenvalue weighted by atomic mass is 32.2. The van der Waals surface area contributed by atoms with E-state index in [4.69, 9.17) is 0 Å². The molecule has 3 nitrogen and oxygen atoms in total. The zero-order chi connectivity index (χ0) is 15.4. The molecule has 20 heavy (non-hydrogen) atoms. The highest BCUT2D eigenvalue weighted by Crippen LogP contribution is 2.27. The van der Waals surface area contributed by atoms with Gasteiger partial charge in [-0.05, 0) is 36.0 Å². The van der Waals surface area contributed by atoms with Gasteiger partial charge in [0.1, 0.15) is 0 Å². The lowest BCUT2D eigenvalue weighted by atomic mass is 9.82. The Hall–Kier alpha value is -0.870. The summed E-state index contributed by atoms with van der Waals surface area (Å²) in [6.07, 6.45) is 2.90. The van der Waals surface area contributed by atoms with Gasteiger partial charge in [0.15, 0.2) is 0 Å². The summed E-state index contributed by atoms with van der Waals surface area (Å²) in [6.45, 7) is 9.11. The van der Waals surface area contributed by atoms with Gasteiger partial charge in [0, 0.05) is 13.6 Å². The van der Waals surface area contributed by atoms with E-state index in [1.165, 1.54) is 9.87 Å². The molecular formula is C16H27NO2S. The third kappa shape index (κ3) is 3.83. The molecule has 0 radical (unpaired) electrons. The van der Waals surface area contributed by atoms with Crippen molar-refractivity contribution >= 4 is 10.0 Å². The van der Waals surface area contributed by atoms with Crippen LogP contribution in [0.4, 0.5) is 0 Å². The molecule has 0 atom stereocenters. The second-order valence-corrected chi connectivity index (χ2v) is 7.99. The lowest BCUT2D eigenvalue weighted by Crippen LogP contribution is -2.28. The van der Waals surface area contributed by atoms with Crippen molar-refractivity contribution < 1.29 is 8.42 Å². The molecule has 0 amide bonds. The average molecular weight is 297 g/mol. The molecule has 0 aliphatic carbocycles. The van der Waals surface area contributed by atoms with Gasteiger partial charge in [-0.3, -0.25) is 0 Å². The molecule has 0 aromatic heterocycles. The molecule has 0 N–H and O–H groups in total. The third-order valence-electron chi connectivity index (χ3n) is 4.05. The number of nitrogens with zero attached hydrogens (tertiary/aromatic N) is 1. The van der Waals surface area contributed by atoms with E-state index in [0.717, 1.165) is 19.3 Å². The molecule has 0 saturated carbocycles. The summed E-state index contributed by atoms with van der Waals surface area (Å²) in [5.41, 5.74) is 1.26. The van der Waals surface area contributed by atoms with Crippen molar-refractivity contribution in [2.75, 3.05) is 13.6 Å². The highest BCUT2D eigenvalue weighted by molar-refractivity contribution is 7.89. The van der Waals surface area contributed by atoms with Crippen LogP contribution in [0.5, 0.6) is 0 Å². The maximum atomic E-state index is 12.4. The minimum Gasteiger partial charge on any atom is -0.207 e. The minimum atomic E-state index is -3.35. The Labute approximate surface area is 124 Å². The second kappa shape index (κ2) is 6.72. The standard InChI is InChI=1S/C16H27NO2S/c1-6-8-13-17(5)20(18,19)15-11-9-14(10-12-15)16(3,4)7-2/h9-12H,6-8,13H2,1-5H3. The summed E-state index contributed by atoms with van der Waals surface area (Å²) in [5.74, 6) is 0. The highest BCUT2D eigenvalue weighted by Gasteiger charge is 2.22. The predicted octanol–water partition coefficient (Wildman–Crippen LogP) is 3.79. The van der Waals surface area contributed by atoms with Gasteiger partial charge in [-0.15, -0.1) is 0 Å². The van der Waals surface area contributed by atoms with E-state index < -0.39 is 10.0 Å². The summed E-state index contributed by atoms with van der Waals surface area (Å²) in [5, 5.41) is 0. The van der Waals surface area contributed by atoms with Gasteiger partial charge in [-0.2, -0.15) is 0 Å². The summed E-state index contributed by atoms with van der Waals surface area (Å²) in [6, 6.07) is 7.32. The van der Waals surface area contributed by atoms with E-state index in [1.54, 1.807) is 19.2 Å². The van der Waals surface area contributed by atoms with Crippen LogP contribution in [0, 0.1) is 0 Å². The van der Waals surface area contributed by atoms with E-state index in [-0.39, 0.29) is 5.41 Å². The number of unbranched alkanes of at least 4 members (excludes halogenated alkanes) is 1. The Balaban J connectivity index is 2.98. The van der Waals surface area contributed by atoms with Gasteiger partial charge in [-0.1, -0.05) is 46.2 Å². The lowest BCUT2D eigenvalue weighted by molar-refractivity contribution is 0.459. The van der Waals surface area contributed by atoms with Crippen LogP contribution in [0.3, 0.4) is 0 Å². The largest absolute Gasteiger partial charge is 0.242 e. The van der Waals surface area contributed by atoms with Crippen LogP contribution in [-0.4, -0.2) is 26.3 Å². The number of hydrogen-bond acceptors (Lipinski definition) is 2. The fraction of sp³-hybridized carbons (Fsp3) is 0.625. The van der Waals surface area contributed by atoms with Gasteiger partial charge in [0.05, 0.1) is 4.90 Å². The van der Waals surface area contributed by atoms with Crippen molar-refractivity contribution in [2.45, 2.75) is 57.3 Å². The van der Waals surface area contributed by atoms with Crippen LogP contribution < -0.4 is 0 Å². The second-order valence-electron chi connectivity index (χ2n) is 5.94. The van der Waals surface area contributed by atoms with E-state index in [2.05, 4.69) is 27.7 Å². The van der Waals surface area contributed by atoms with Crippen molar-refractivity contribution in [1.29, 1.82) is 0 Å². The van der Waals surface area contributed by atoms with Crippen LogP contribution in [0.1, 0.15) is 52.5 Å². The molecule has 0 aliphatic heterocycles. The predicted molar refractivity (Wildman–Crippen MR) is 84.5 cm³/mol. The normalized spacial score (nSPS) is 12.9. The van der Waals surface area contributed by atoms with Crippen molar-refractivity contribution in [2.24, 2.45) is 0 Å². The monoisotopic (exact) mass is 297 g/mol. The Morgan fingerprint density at radius 3 is 2.10 bits per heavy atom. The van der Waals surface area contributed by atoms with Crippen LogP contribution in [0.25, 0.3) is 0 Å². The lowest BCUT2D eigenvalue weighted by Gasteiger charge is -2.24. The Morgan fingerprint density at radius 2 is 1.65 bits per heavy atom. The van der Waals surface area contributed by atoms with Crippen LogP contribution in [-0.2, 0) is 15.4 Å². The summed E-state index contributed by atoms with van der Waals surface area (Å²) >= 11 is 0. The van der Waals surface area contributed by atoms with Gasteiger partial charge >= 0.3 is 0 Å². The number of benzene rings is 1. The summed E-state index contributed by atoms with van der Waals surface area (Å²) < 4.78 is 26.2. The molecular weight excluding hydrogens is 270 g/mol. The number of hydrogen-bond donors (Lipinski definition) is 0. The van der Waals surface area contributed by atoms with E-state index in [0.29, 0.717) is 11.4 Å². The molecule has 0 fully saturated rings. The van der Waals surface area contributed by atoms with E-state index in [9.17, 15) is 8.42 Å². The maximum absolute atomic E-state index is 12.4. The Bertz CT molecular complexity index is 518. The topological polar surface area (TPSA) is 37.4 Å². The van der Waals surface area contributed by atoms with Gasteiger partial charge in [0.25, 0.3) is 0 Å². The molecule has 0 unspecified atom stereocenters. The Morgan fingerprint density at radius 1 is 1.10 bits per heavy atom. The summed E-state index contributed by atoms with van der Waals surface area (Å²) in [4.78, 5) is 0.381. The number of rotatable bonds is 7. The zero-order valence-electron chi connectivity index (χ0n) is 13.3. The maximum Gasteiger partial charge on any atom is 0.242 e. The molecule has 0 heterocycles. The van der Waals surface area contributed by atoms with Crippen LogP contribution in [0.15, 0.2) is 29.2 Å². The Kier molecular flexibility index (Phi) is 5.78. The minimum absolute atomic E-state index is 0.0798. The smallest absolute Gasteiger partial charge is 0.207 e. The van der Waals surface area contributed by atoms with Crippen molar-refractivity contribution in [3.63, 3.8) is 0 Å². The molecule has 114 valence electrons. The molecule has 0 saturated heterocycles. The molecule has 1 aromatic carbocycles. The zero-order valence-corrected chi connectivity index (χ0v) is 14.1. The van der Waals surface area contributed by atoms with Crippen molar-refractivity contribution in [3.8, 4) is 0 Å². The first kappa shape index (κ1) is 17.2. The van der Waals surface area contributed by atoms with E-state index >= 15 is 0 Å². The number of sulfonamides is 1. The molecule has 0 aliphatic rings. The van der Waals surface area contributed by atoms with Crippen LogP contribution in [0.2, 0.25) is 0 Å². The van der Waals surface area contributed by atoms with Gasteiger partial charge < -0.3 is 0 Å². The van der Waals surface area contributed by atoms with Crippen molar-refractivity contribution in [3.05, 3.63) is 29.8 Å². The van der Waals surface area contributed by atoms with Gasteiger partial charge in [0.2, 0.25) is 10.0 Å². The molecule has 4 heteroatoms. The first-order chi connectivity index (χ1) is 9.25. The van der Waals surface area contributed by atoms with E-state index in [1.807, 2.05) is 12.1 Å². The fourth-order valence-electron chi connectivity index (χ4n) is 1.96. The quantitative estimate of drug-likeness (QED) is 0.767. The first-order valence-corrected chi connectivity index (χ1v) is 8.76. The molecule has 0 spiro atoms. The molecule has 1 rings (SSSR count).